The quantitative estimate of drug-likeness (QED) is 0.643. The number of anilines is 1. The Morgan fingerprint density at radius 2 is 1.92 bits per heavy atom. The van der Waals surface area contributed by atoms with E-state index in [2.05, 4.69) is 20.7 Å². The lowest BCUT2D eigenvalue weighted by Crippen LogP contribution is -2.47. The molecule has 0 aromatic heterocycles. The number of hydrogen-bond acceptors (Lipinski definition) is 4. The van der Waals surface area contributed by atoms with Crippen LogP contribution in [0.2, 0.25) is 5.02 Å². The zero-order chi connectivity index (χ0) is 19.0. The Balaban J connectivity index is 2.49. The van der Waals surface area contributed by atoms with Crippen LogP contribution in [0.5, 0.6) is 0 Å². The molecule has 1 aromatic rings. The molecule has 3 amide bonds. The van der Waals surface area contributed by atoms with Crippen molar-refractivity contribution in [3.05, 3.63) is 28.8 Å². The number of nitrogens with one attached hydrogen (secondary N) is 3. The molecule has 0 aliphatic carbocycles. The molecular weight excluding hydrogens is 346 g/mol. The van der Waals surface area contributed by atoms with E-state index >= 15 is 0 Å². The van der Waals surface area contributed by atoms with E-state index in [0.29, 0.717) is 17.1 Å². The molecule has 1 rings (SSSR count). The van der Waals surface area contributed by atoms with Gasteiger partial charge in [0.1, 0.15) is 6.04 Å². The lowest BCUT2D eigenvalue weighted by atomic mass is 10.0. The van der Waals surface area contributed by atoms with Crippen LogP contribution in [-0.2, 0) is 14.3 Å². The highest BCUT2D eigenvalue weighted by Crippen LogP contribution is 2.19. The first-order valence-corrected chi connectivity index (χ1v) is 8.29. The maximum Gasteiger partial charge on any atom is 0.328 e. The molecule has 1 aromatic carbocycles. The molecule has 138 valence electrons. The topological polar surface area (TPSA) is 96.5 Å². The molecule has 0 aliphatic heterocycles. The Labute approximate surface area is 152 Å². The lowest BCUT2D eigenvalue weighted by Gasteiger charge is -2.18. The van der Waals surface area contributed by atoms with Crippen LogP contribution < -0.4 is 16.0 Å². The van der Waals surface area contributed by atoms with Gasteiger partial charge in [0.15, 0.2) is 0 Å². The van der Waals surface area contributed by atoms with Crippen molar-refractivity contribution in [3.63, 3.8) is 0 Å². The minimum Gasteiger partial charge on any atom is -0.467 e. The number of carbonyl (C=O) groups is 3. The van der Waals surface area contributed by atoms with E-state index in [1.165, 1.54) is 7.11 Å². The Hall–Kier alpha value is -2.28. The van der Waals surface area contributed by atoms with Gasteiger partial charge in [-0.25, -0.2) is 9.59 Å². The van der Waals surface area contributed by atoms with Gasteiger partial charge in [-0.2, -0.15) is 0 Å². The second-order valence-electron chi connectivity index (χ2n) is 6.04. The van der Waals surface area contributed by atoms with E-state index in [1.807, 2.05) is 20.8 Å². The van der Waals surface area contributed by atoms with Gasteiger partial charge in [-0.3, -0.25) is 4.79 Å². The number of ether oxygens (including phenoxy) is 1. The molecule has 0 unspecified atom stereocenters. The monoisotopic (exact) mass is 369 g/mol. The number of aryl methyl sites for hydroxylation is 1. The van der Waals surface area contributed by atoms with Crippen LogP contribution >= 0.6 is 11.6 Å². The third kappa shape index (κ3) is 7.43. The molecule has 7 nitrogen and oxygen atoms in total. The third-order valence-electron chi connectivity index (χ3n) is 3.37. The van der Waals surface area contributed by atoms with E-state index < -0.39 is 23.9 Å². The van der Waals surface area contributed by atoms with Crippen LogP contribution in [0.15, 0.2) is 18.2 Å². The van der Waals surface area contributed by atoms with E-state index in [0.717, 1.165) is 5.56 Å². The molecule has 0 radical (unpaired) electrons. The molecule has 1 atom stereocenters. The summed E-state index contributed by atoms with van der Waals surface area (Å²) in [5.74, 6) is -0.791. The van der Waals surface area contributed by atoms with E-state index in [4.69, 9.17) is 11.6 Å². The summed E-state index contributed by atoms with van der Waals surface area (Å²) in [6, 6.07) is 3.81. The summed E-state index contributed by atoms with van der Waals surface area (Å²) in [5.41, 5.74) is 1.41. The van der Waals surface area contributed by atoms with Crippen LogP contribution in [-0.4, -0.2) is 37.6 Å². The van der Waals surface area contributed by atoms with Crippen molar-refractivity contribution in [1.29, 1.82) is 0 Å². The van der Waals surface area contributed by atoms with Crippen molar-refractivity contribution in [2.75, 3.05) is 19.0 Å². The Kier molecular flexibility index (Phi) is 8.21. The van der Waals surface area contributed by atoms with Crippen molar-refractivity contribution in [3.8, 4) is 0 Å². The molecule has 0 aliphatic rings. The predicted octanol–water partition coefficient (Wildman–Crippen LogP) is 2.47. The van der Waals surface area contributed by atoms with Crippen molar-refractivity contribution in [2.45, 2.75) is 33.2 Å². The van der Waals surface area contributed by atoms with Crippen molar-refractivity contribution in [1.82, 2.24) is 10.6 Å². The highest BCUT2D eigenvalue weighted by atomic mass is 35.5. The molecule has 0 heterocycles. The number of methoxy groups -OCH3 is 1. The van der Waals surface area contributed by atoms with Gasteiger partial charge in [0, 0.05) is 10.7 Å². The number of urea groups is 1. The van der Waals surface area contributed by atoms with Crippen molar-refractivity contribution >= 4 is 35.2 Å². The molecule has 3 N–H and O–H groups in total. The zero-order valence-electron chi connectivity index (χ0n) is 14.8. The first-order valence-electron chi connectivity index (χ1n) is 7.91. The minimum absolute atomic E-state index is 0.201. The summed E-state index contributed by atoms with van der Waals surface area (Å²) in [4.78, 5) is 35.4. The highest BCUT2D eigenvalue weighted by Gasteiger charge is 2.22. The summed E-state index contributed by atoms with van der Waals surface area (Å²) >= 11 is 5.99. The third-order valence-corrected chi connectivity index (χ3v) is 3.77. The molecule has 0 saturated carbocycles. The summed E-state index contributed by atoms with van der Waals surface area (Å²) in [5, 5.41) is 8.09. The number of halogens is 1. The van der Waals surface area contributed by atoms with Crippen LogP contribution in [0.1, 0.15) is 25.8 Å². The molecule has 8 heteroatoms. The fourth-order valence-electron chi connectivity index (χ4n) is 2.08. The molecule has 0 bridgehead atoms. The Morgan fingerprint density at radius 1 is 1.24 bits per heavy atom. The SMILES string of the molecule is COC(=O)[C@H](CC(C)C)NC(=O)CNC(=O)Nc1ccc(C)c(Cl)c1. The highest BCUT2D eigenvalue weighted by molar-refractivity contribution is 6.31. The van der Waals surface area contributed by atoms with Crippen LogP contribution in [0.4, 0.5) is 10.5 Å². The van der Waals surface area contributed by atoms with Gasteiger partial charge in [-0.05, 0) is 37.0 Å². The van der Waals surface area contributed by atoms with Crippen LogP contribution in [0.3, 0.4) is 0 Å². The van der Waals surface area contributed by atoms with Gasteiger partial charge in [-0.1, -0.05) is 31.5 Å². The number of benzene rings is 1. The molecule has 25 heavy (non-hydrogen) atoms. The number of amides is 3. The zero-order valence-corrected chi connectivity index (χ0v) is 15.6. The van der Waals surface area contributed by atoms with E-state index in [1.54, 1.807) is 18.2 Å². The van der Waals surface area contributed by atoms with Crippen LogP contribution in [0.25, 0.3) is 0 Å². The van der Waals surface area contributed by atoms with Crippen molar-refractivity contribution in [2.24, 2.45) is 5.92 Å². The smallest absolute Gasteiger partial charge is 0.328 e. The molecule has 0 saturated heterocycles. The van der Waals surface area contributed by atoms with Gasteiger partial charge in [0.25, 0.3) is 0 Å². The van der Waals surface area contributed by atoms with Crippen LogP contribution in [0, 0.1) is 12.8 Å². The van der Waals surface area contributed by atoms with Crippen molar-refractivity contribution < 1.29 is 19.1 Å². The summed E-state index contributed by atoms with van der Waals surface area (Å²) in [7, 11) is 1.26. The van der Waals surface area contributed by atoms with Gasteiger partial charge in [0.2, 0.25) is 5.91 Å². The van der Waals surface area contributed by atoms with Gasteiger partial charge in [-0.15, -0.1) is 0 Å². The predicted molar refractivity (Wildman–Crippen MR) is 96.6 cm³/mol. The number of hydrogen-bond donors (Lipinski definition) is 3. The summed E-state index contributed by atoms with van der Waals surface area (Å²) in [6.45, 7) is 5.45. The lowest BCUT2D eigenvalue weighted by molar-refractivity contribution is -0.145. The Bertz CT molecular complexity index is 634. The fraction of sp³-hybridized carbons (Fsp3) is 0.471. The largest absolute Gasteiger partial charge is 0.467 e. The van der Waals surface area contributed by atoms with E-state index in [-0.39, 0.29) is 12.5 Å². The number of rotatable bonds is 7. The summed E-state index contributed by atoms with van der Waals surface area (Å²) in [6.07, 6.45) is 0.451. The fourth-order valence-corrected chi connectivity index (χ4v) is 2.26. The average Bonchev–Trinajstić information content (AvgIpc) is 2.54. The first-order chi connectivity index (χ1) is 11.7. The van der Waals surface area contributed by atoms with Gasteiger partial charge < -0.3 is 20.7 Å². The second kappa shape index (κ2) is 9.88. The maximum absolute atomic E-state index is 11.9. The Morgan fingerprint density at radius 3 is 2.48 bits per heavy atom. The minimum atomic E-state index is -0.738. The first kappa shape index (κ1) is 20.8. The summed E-state index contributed by atoms with van der Waals surface area (Å²) < 4.78 is 4.67. The standard InChI is InChI=1S/C17H24ClN3O4/c1-10(2)7-14(16(23)25-4)21-15(22)9-19-17(24)20-12-6-5-11(3)13(18)8-12/h5-6,8,10,14H,7,9H2,1-4H3,(H,21,22)(H2,19,20,24)/t14-/m0/s1. The molecular formula is C17H24ClN3O4. The number of esters is 1. The number of carbonyl (C=O) groups excluding carboxylic acids is 3. The molecule has 0 fully saturated rings. The average molecular weight is 370 g/mol. The van der Waals surface area contributed by atoms with Gasteiger partial charge >= 0.3 is 12.0 Å². The normalized spacial score (nSPS) is 11.6. The second-order valence-corrected chi connectivity index (χ2v) is 6.45. The maximum atomic E-state index is 11.9. The molecule has 0 spiro atoms. The van der Waals surface area contributed by atoms with E-state index in [9.17, 15) is 14.4 Å². The van der Waals surface area contributed by atoms with Gasteiger partial charge in [0.05, 0.1) is 13.7 Å².